The number of carbonyl (C=O) groups excluding carboxylic acids is 3. The minimum absolute atomic E-state index is 0.00773. The lowest BCUT2D eigenvalue weighted by molar-refractivity contribution is -0.127. The third-order valence-corrected chi connectivity index (χ3v) is 8.03. The summed E-state index contributed by atoms with van der Waals surface area (Å²) in [5.41, 5.74) is 9.10. The molecule has 0 fully saturated rings. The molecular formula is C30H28Cl2N4O4S. The molecule has 1 aromatic heterocycles. The van der Waals surface area contributed by atoms with Crippen molar-refractivity contribution in [3.8, 4) is 5.75 Å². The van der Waals surface area contributed by atoms with Crippen molar-refractivity contribution in [2.45, 2.75) is 31.4 Å². The second-order valence-corrected chi connectivity index (χ2v) is 11.1. The molecule has 3 aromatic carbocycles. The van der Waals surface area contributed by atoms with Gasteiger partial charge in [0.1, 0.15) is 23.9 Å². The van der Waals surface area contributed by atoms with E-state index in [9.17, 15) is 14.4 Å². The number of benzene rings is 3. The van der Waals surface area contributed by atoms with Crippen LogP contribution in [0.15, 0.2) is 71.6 Å². The van der Waals surface area contributed by atoms with Crippen molar-refractivity contribution in [1.82, 2.24) is 4.98 Å². The number of pyridine rings is 1. The Balaban J connectivity index is 1.43. The van der Waals surface area contributed by atoms with Crippen molar-refractivity contribution in [2.24, 2.45) is 5.73 Å². The first-order valence-electron chi connectivity index (χ1n) is 12.6. The number of ether oxygens (including phenoxy) is 1. The number of nitrogens with two attached hydrogens (primary N) is 1. The van der Waals surface area contributed by atoms with Crippen LogP contribution < -0.4 is 20.7 Å². The molecule has 212 valence electrons. The van der Waals surface area contributed by atoms with Gasteiger partial charge in [-0.3, -0.25) is 14.4 Å². The minimum atomic E-state index is -1.39. The molecule has 0 saturated heterocycles. The van der Waals surface area contributed by atoms with E-state index in [0.29, 0.717) is 33.2 Å². The van der Waals surface area contributed by atoms with Crippen molar-refractivity contribution in [2.75, 3.05) is 23.0 Å². The standard InChI is InChI=1S/C30H28Cl2N4O4S/c1-17-7-8-19-5-4-6-26(29(19)34-17)40-15-22-23(31)13-14-24(27(22)32)36(3)30(39)28(33)25(38)16-41-21-11-9-20(10-12-21)35-18(2)37/h4-14,28H,15-16,33H2,1-3H3,(H,35,37)/t28-/m0/s1. The number of hydrogen-bond donors (Lipinski definition) is 2. The van der Waals surface area contributed by atoms with Crippen molar-refractivity contribution in [1.29, 1.82) is 0 Å². The normalized spacial score (nSPS) is 11.7. The fourth-order valence-electron chi connectivity index (χ4n) is 4.01. The van der Waals surface area contributed by atoms with E-state index in [0.717, 1.165) is 16.0 Å². The smallest absolute Gasteiger partial charge is 0.251 e. The number of nitrogens with zero attached hydrogens (tertiary/aromatic N) is 2. The molecule has 0 radical (unpaired) electrons. The Morgan fingerprint density at radius 3 is 2.49 bits per heavy atom. The number of fused-ring (bicyclic) bond motifs is 1. The van der Waals surface area contributed by atoms with Crippen molar-refractivity contribution in [3.05, 3.63) is 88.0 Å². The molecule has 0 spiro atoms. The Bertz CT molecular complexity index is 1610. The topological polar surface area (TPSA) is 115 Å². The first-order valence-corrected chi connectivity index (χ1v) is 14.3. The fourth-order valence-corrected chi connectivity index (χ4v) is 5.43. The molecule has 0 saturated carbocycles. The molecule has 0 aliphatic carbocycles. The highest BCUT2D eigenvalue weighted by atomic mass is 35.5. The lowest BCUT2D eigenvalue weighted by atomic mass is 10.1. The summed E-state index contributed by atoms with van der Waals surface area (Å²) in [6, 6.07) is 18.4. The molecule has 1 atom stereocenters. The van der Waals surface area contributed by atoms with Crippen LogP contribution in [0.4, 0.5) is 11.4 Å². The van der Waals surface area contributed by atoms with Gasteiger partial charge in [-0.25, -0.2) is 4.98 Å². The van der Waals surface area contributed by atoms with Gasteiger partial charge in [0.25, 0.3) is 5.91 Å². The van der Waals surface area contributed by atoms with Crippen LogP contribution >= 0.6 is 35.0 Å². The van der Waals surface area contributed by atoms with E-state index in [2.05, 4.69) is 10.3 Å². The van der Waals surface area contributed by atoms with Crippen LogP contribution in [0, 0.1) is 6.92 Å². The summed E-state index contributed by atoms with van der Waals surface area (Å²) in [7, 11) is 1.50. The highest BCUT2D eigenvalue weighted by Gasteiger charge is 2.28. The Morgan fingerprint density at radius 2 is 1.78 bits per heavy atom. The van der Waals surface area contributed by atoms with E-state index in [1.807, 2.05) is 37.3 Å². The second kappa shape index (κ2) is 13.4. The van der Waals surface area contributed by atoms with E-state index in [1.165, 1.54) is 30.6 Å². The van der Waals surface area contributed by atoms with Crippen LogP contribution in [-0.4, -0.2) is 41.4 Å². The van der Waals surface area contributed by atoms with Crippen LogP contribution in [0.2, 0.25) is 10.0 Å². The average molecular weight is 612 g/mol. The third-order valence-electron chi connectivity index (χ3n) is 6.22. The van der Waals surface area contributed by atoms with Gasteiger partial charge in [-0.05, 0) is 55.5 Å². The van der Waals surface area contributed by atoms with Gasteiger partial charge in [0.15, 0.2) is 5.78 Å². The molecule has 41 heavy (non-hydrogen) atoms. The summed E-state index contributed by atoms with van der Waals surface area (Å²) in [5, 5.41) is 4.19. The van der Waals surface area contributed by atoms with Crippen LogP contribution in [0.25, 0.3) is 10.9 Å². The van der Waals surface area contributed by atoms with Gasteiger partial charge in [-0.2, -0.15) is 0 Å². The number of anilines is 2. The van der Waals surface area contributed by atoms with Crippen LogP contribution in [0.3, 0.4) is 0 Å². The number of carbonyl (C=O) groups is 3. The largest absolute Gasteiger partial charge is 0.487 e. The number of rotatable bonds is 10. The average Bonchev–Trinajstić information content (AvgIpc) is 2.95. The molecule has 0 aliphatic heterocycles. The maximum absolute atomic E-state index is 13.1. The maximum atomic E-state index is 13.1. The summed E-state index contributed by atoms with van der Waals surface area (Å²) in [4.78, 5) is 43.7. The van der Waals surface area contributed by atoms with E-state index >= 15 is 0 Å². The number of hydrogen-bond acceptors (Lipinski definition) is 7. The number of thioether (sulfide) groups is 1. The number of ketones is 1. The van der Waals surface area contributed by atoms with Gasteiger partial charge in [0, 0.05) is 46.2 Å². The Labute approximate surface area is 252 Å². The molecule has 4 rings (SSSR count). The first-order chi connectivity index (χ1) is 19.5. The molecule has 0 unspecified atom stereocenters. The SMILES string of the molecule is CC(=O)Nc1ccc(SCC(=O)[C@H](N)C(=O)N(C)c2ccc(Cl)c(COc3cccc4ccc(C)nc34)c2Cl)cc1. The molecule has 8 nitrogen and oxygen atoms in total. The zero-order chi connectivity index (χ0) is 29.7. The molecule has 4 aromatic rings. The first kappa shape index (κ1) is 30.3. The predicted octanol–water partition coefficient (Wildman–Crippen LogP) is 6.04. The van der Waals surface area contributed by atoms with Crippen LogP contribution in [0.1, 0.15) is 18.2 Å². The Kier molecular flexibility index (Phi) is 9.88. The molecule has 0 bridgehead atoms. The fraction of sp³-hybridized carbons (Fsp3) is 0.200. The van der Waals surface area contributed by atoms with E-state index < -0.39 is 17.7 Å². The summed E-state index contributed by atoms with van der Waals surface area (Å²) < 4.78 is 6.07. The molecule has 1 heterocycles. The third kappa shape index (κ3) is 7.37. The Morgan fingerprint density at radius 1 is 1.05 bits per heavy atom. The van der Waals surface area contributed by atoms with Crippen LogP contribution in [-0.2, 0) is 21.0 Å². The molecule has 2 amide bonds. The summed E-state index contributed by atoms with van der Waals surface area (Å²) in [6.07, 6.45) is 0. The monoisotopic (exact) mass is 610 g/mol. The molecule has 0 aliphatic rings. The number of Topliss-reactive ketones (excluding diaryl/α,β-unsaturated/α-hetero) is 1. The molecule has 11 heteroatoms. The summed E-state index contributed by atoms with van der Waals surface area (Å²) in [5.74, 6) is -0.659. The zero-order valence-electron chi connectivity index (χ0n) is 22.6. The number of aromatic nitrogens is 1. The lowest BCUT2D eigenvalue weighted by Crippen LogP contribution is -2.47. The Hall–Kier alpha value is -3.63. The lowest BCUT2D eigenvalue weighted by Gasteiger charge is -2.23. The number of para-hydroxylation sites is 1. The molecule has 3 N–H and O–H groups in total. The van der Waals surface area contributed by atoms with Gasteiger partial charge in [0.05, 0.1) is 16.5 Å². The van der Waals surface area contributed by atoms with E-state index in [4.69, 9.17) is 33.7 Å². The highest BCUT2D eigenvalue weighted by Crippen LogP contribution is 2.35. The molecular weight excluding hydrogens is 583 g/mol. The predicted molar refractivity (Wildman–Crippen MR) is 165 cm³/mol. The zero-order valence-corrected chi connectivity index (χ0v) is 24.9. The quantitative estimate of drug-likeness (QED) is 0.166. The highest BCUT2D eigenvalue weighted by molar-refractivity contribution is 8.00. The summed E-state index contributed by atoms with van der Waals surface area (Å²) >= 11 is 14.4. The number of nitrogens with one attached hydrogen (secondary N) is 1. The minimum Gasteiger partial charge on any atom is -0.487 e. The van der Waals surface area contributed by atoms with Gasteiger partial charge in [-0.1, -0.05) is 41.4 Å². The van der Waals surface area contributed by atoms with Crippen molar-refractivity contribution >= 4 is 74.8 Å². The van der Waals surface area contributed by atoms with E-state index in [1.54, 1.807) is 36.4 Å². The van der Waals surface area contributed by atoms with Gasteiger partial charge in [-0.15, -0.1) is 11.8 Å². The van der Waals surface area contributed by atoms with Gasteiger partial charge < -0.3 is 20.7 Å². The number of likely N-dealkylation sites (N-methyl/N-ethyl adjacent to an activating group) is 1. The maximum Gasteiger partial charge on any atom is 0.251 e. The van der Waals surface area contributed by atoms with Crippen molar-refractivity contribution < 1.29 is 19.1 Å². The number of amides is 2. The summed E-state index contributed by atoms with van der Waals surface area (Å²) in [6.45, 7) is 3.36. The van der Waals surface area contributed by atoms with Crippen molar-refractivity contribution in [3.63, 3.8) is 0 Å². The van der Waals surface area contributed by atoms with Gasteiger partial charge in [0.2, 0.25) is 5.91 Å². The number of aryl methyl sites for hydroxylation is 1. The van der Waals surface area contributed by atoms with Crippen LogP contribution in [0.5, 0.6) is 5.75 Å². The van der Waals surface area contributed by atoms with Gasteiger partial charge >= 0.3 is 0 Å². The number of halogens is 2. The second-order valence-electron chi connectivity index (χ2n) is 9.26. The van der Waals surface area contributed by atoms with E-state index in [-0.39, 0.29) is 23.3 Å².